The largest absolute Gasteiger partial charge is 0.314 e. The van der Waals surface area contributed by atoms with E-state index >= 15 is 0 Å². The van der Waals surface area contributed by atoms with Gasteiger partial charge in [-0.1, -0.05) is 39.5 Å². The van der Waals surface area contributed by atoms with Crippen molar-refractivity contribution in [3.63, 3.8) is 0 Å². The van der Waals surface area contributed by atoms with Crippen LogP contribution in [0.15, 0.2) is 0 Å². The molecule has 100 valence electrons. The molecule has 1 aliphatic heterocycles. The van der Waals surface area contributed by atoms with E-state index in [-0.39, 0.29) is 0 Å². The maximum atomic E-state index is 3.58. The van der Waals surface area contributed by atoms with Gasteiger partial charge >= 0.3 is 0 Å². The highest BCUT2D eigenvalue weighted by Gasteiger charge is 2.23. The van der Waals surface area contributed by atoms with Crippen molar-refractivity contribution in [1.29, 1.82) is 0 Å². The predicted octanol–water partition coefficient (Wildman–Crippen LogP) is 2.89. The van der Waals surface area contributed by atoms with Crippen molar-refractivity contribution >= 4 is 0 Å². The average Bonchev–Trinajstić information content (AvgIpc) is 2.95. The second-order valence-corrected chi connectivity index (χ2v) is 6.46. The molecule has 0 radical (unpaired) electrons. The summed E-state index contributed by atoms with van der Waals surface area (Å²) in [6.45, 7) is 9.75. The number of nitrogens with zero attached hydrogens (tertiary/aromatic N) is 1. The highest BCUT2D eigenvalue weighted by atomic mass is 15.1. The average molecular weight is 238 g/mol. The van der Waals surface area contributed by atoms with E-state index in [0.717, 1.165) is 11.8 Å². The normalized spacial score (nSPS) is 27.4. The molecule has 0 amide bonds. The smallest absolute Gasteiger partial charge is 0.00223 e. The Morgan fingerprint density at radius 1 is 1.12 bits per heavy atom. The minimum absolute atomic E-state index is 0.641. The quantitative estimate of drug-likeness (QED) is 0.765. The van der Waals surface area contributed by atoms with Crippen LogP contribution in [0.25, 0.3) is 0 Å². The van der Waals surface area contributed by atoms with Gasteiger partial charge in [0.15, 0.2) is 0 Å². The summed E-state index contributed by atoms with van der Waals surface area (Å²) in [7, 11) is 0. The topological polar surface area (TPSA) is 15.3 Å². The lowest BCUT2D eigenvalue weighted by Gasteiger charge is -2.19. The molecule has 0 aromatic heterocycles. The Morgan fingerprint density at radius 3 is 2.59 bits per heavy atom. The van der Waals surface area contributed by atoms with Gasteiger partial charge in [0, 0.05) is 12.6 Å². The van der Waals surface area contributed by atoms with Gasteiger partial charge in [-0.3, -0.25) is 0 Å². The molecular formula is C15H30N2. The van der Waals surface area contributed by atoms with Crippen LogP contribution >= 0.6 is 0 Å². The molecule has 1 N–H and O–H groups in total. The molecule has 1 heterocycles. The Bertz CT molecular complexity index is 209. The van der Waals surface area contributed by atoms with Gasteiger partial charge < -0.3 is 10.2 Å². The van der Waals surface area contributed by atoms with Gasteiger partial charge in [-0.2, -0.15) is 0 Å². The van der Waals surface area contributed by atoms with Crippen LogP contribution in [0.1, 0.15) is 52.4 Å². The molecule has 0 aromatic rings. The Balaban J connectivity index is 1.57. The third-order valence-corrected chi connectivity index (χ3v) is 4.51. The third-order valence-electron chi connectivity index (χ3n) is 4.51. The van der Waals surface area contributed by atoms with Gasteiger partial charge in [-0.25, -0.2) is 0 Å². The molecule has 1 saturated heterocycles. The Labute approximate surface area is 107 Å². The molecule has 2 fully saturated rings. The first-order chi connectivity index (χ1) is 8.24. The van der Waals surface area contributed by atoms with Crippen molar-refractivity contribution < 1.29 is 0 Å². The molecule has 2 heteroatoms. The van der Waals surface area contributed by atoms with Gasteiger partial charge in [-0.15, -0.1) is 0 Å². The lowest BCUT2D eigenvalue weighted by molar-refractivity contribution is 0.290. The fraction of sp³-hybridized carbons (Fsp3) is 1.00. The third kappa shape index (κ3) is 4.59. The summed E-state index contributed by atoms with van der Waals surface area (Å²) in [5, 5.41) is 3.58. The van der Waals surface area contributed by atoms with Gasteiger partial charge in [0.05, 0.1) is 0 Å². The Kier molecular flexibility index (Phi) is 5.30. The molecule has 17 heavy (non-hydrogen) atoms. The summed E-state index contributed by atoms with van der Waals surface area (Å²) < 4.78 is 0. The molecule has 2 nitrogen and oxygen atoms in total. The molecule has 0 bridgehead atoms. The van der Waals surface area contributed by atoms with E-state index in [1.165, 1.54) is 64.7 Å². The zero-order valence-corrected chi connectivity index (χ0v) is 11.8. The summed E-state index contributed by atoms with van der Waals surface area (Å²) >= 11 is 0. The van der Waals surface area contributed by atoms with Crippen molar-refractivity contribution in [2.75, 3.05) is 26.2 Å². The number of rotatable bonds is 6. The molecule has 1 aliphatic carbocycles. The zero-order valence-electron chi connectivity index (χ0n) is 11.8. The van der Waals surface area contributed by atoms with Gasteiger partial charge in [0.25, 0.3) is 0 Å². The number of nitrogens with one attached hydrogen (secondary N) is 1. The highest BCUT2D eigenvalue weighted by molar-refractivity contribution is 4.79. The molecule has 2 rings (SSSR count). The number of likely N-dealkylation sites (tertiary alicyclic amines) is 1. The van der Waals surface area contributed by atoms with E-state index in [2.05, 4.69) is 24.1 Å². The Morgan fingerprint density at radius 2 is 1.88 bits per heavy atom. The fourth-order valence-corrected chi connectivity index (χ4v) is 3.35. The van der Waals surface area contributed by atoms with Crippen LogP contribution in [-0.2, 0) is 0 Å². The summed E-state index contributed by atoms with van der Waals surface area (Å²) in [4.78, 5) is 2.70. The maximum absolute atomic E-state index is 3.58. The first-order valence-electron chi connectivity index (χ1n) is 7.70. The van der Waals surface area contributed by atoms with E-state index in [4.69, 9.17) is 0 Å². The van der Waals surface area contributed by atoms with Crippen LogP contribution in [-0.4, -0.2) is 37.1 Å². The van der Waals surface area contributed by atoms with Crippen molar-refractivity contribution in [1.82, 2.24) is 10.2 Å². The first kappa shape index (κ1) is 13.4. The molecular weight excluding hydrogens is 208 g/mol. The molecule has 2 aliphatic rings. The summed E-state index contributed by atoms with van der Waals surface area (Å²) in [6, 6.07) is 0.641. The van der Waals surface area contributed by atoms with Crippen LogP contribution < -0.4 is 5.32 Å². The number of hydrogen-bond donors (Lipinski definition) is 1. The zero-order chi connectivity index (χ0) is 12.1. The predicted molar refractivity (Wildman–Crippen MR) is 74.3 cm³/mol. The van der Waals surface area contributed by atoms with Crippen LogP contribution in [0.5, 0.6) is 0 Å². The molecule has 0 aromatic carbocycles. The lowest BCUT2D eigenvalue weighted by Crippen LogP contribution is -2.31. The lowest BCUT2D eigenvalue weighted by atomic mass is 10.0. The standard InChI is InChI=1S/C15H30N2/c1-13(2)16-11-15-8-10-17(12-15)9-7-14-5-3-4-6-14/h13-16H,3-12H2,1-2H3. The molecule has 1 saturated carbocycles. The minimum Gasteiger partial charge on any atom is -0.314 e. The molecule has 1 unspecified atom stereocenters. The van der Waals surface area contributed by atoms with Crippen molar-refractivity contribution in [3.05, 3.63) is 0 Å². The summed E-state index contributed by atoms with van der Waals surface area (Å²) in [5.41, 5.74) is 0. The van der Waals surface area contributed by atoms with Gasteiger partial charge in [0.1, 0.15) is 0 Å². The van der Waals surface area contributed by atoms with E-state index in [0.29, 0.717) is 6.04 Å². The minimum atomic E-state index is 0.641. The molecule has 0 spiro atoms. The highest BCUT2D eigenvalue weighted by Crippen LogP contribution is 2.28. The maximum Gasteiger partial charge on any atom is 0.00223 e. The summed E-state index contributed by atoms with van der Waals surface area (Å²) in [5.74, 6) is 1.96. The van der Waals surface area contributed by atoms with Crippen LogP contribution in [0.3, 0.4) is 0 Å². The van der Waals surface area contributed by atoms with Crippen molar-refractivity contribution in [2.24, 2.45) is 11.8 Å². The Hall–Kier alpha value is -0.0800. The SMILES string of the molecule is CC(C)NCC1CCN(CCC2CCCC2)C1. The van der Waals surface area contributed by atoms with Gasteiger partial charge in [0.2, 0.25) is 0 Å². The monoisotopic (exact) mass is 238 g/mol. The van der Waals surface area contributed by atoms with Gasteiger partial charge in [-0.05, 0) is 44.3 Å². The van der Waals surface area contributed by atoms with Crippen molar-refractivity contribution in [3.8, 4) is 0 Å². The molecule has 1 atom stereocenters. The van der Waals surface area contributed by atoms with Crippen LogP contribution in [0.4, 0.5) is 0 Å². The van der Waals surface area contributed by atoms with Crippen molar-refractivity contribution in [2.45, 2.75) is 58.4 Å². The number of hydrogen-bond acceptors (Lipinski definition) is 2. The van der Waals surface area contributed by atoms with Crippen LogP contribution in [0, 0.1) is 11.8 Å². The fourth-order valence-electron chi connectivity index (χ4n) is 3.35. The van der Waals surface area contributed by atoms with Crippen LogP contribution in [0.2, 0.25) is 0 Å². The first-order valence-corrected chi connectivity index (χ1v) is 7.70. The van der Waals surface area contributed by atoms with E-state index in [1.807, 2.05) is 0 Å². The van der Waals surface area contributed by atoms with E-state index in [1.54, 1.807) is 0 Å². The summed E-state index contributed by atoms with van der Waals surface area (Å²) in [6.07, 6.45) is 8.87. The second kappa shape index (κ2) is 6.75. The van der Waals surface area contributed by atoms with E-state index in [9.17, 15) is 0 Å². The van der Waals surface area contributed by atoms with E-state index < -0.39 is 0 Å². The second-order valence-electron chi connectivity index (χ2n) is 6.46.